The lowest BCUT2D eigenvalue weighted by molar-refractivity contribution is -0.132. The topological polar surface area (TPSA) is 66.9 Å². The largest absolute Gasteiger partial charge is 0.427 e. The standard InChI is InChI=1S/C19H20N2O4S/c1-14(22)25-16-5-2-4-15(12-16)19(24)21-9-7-20(8-10-21)18(23)13-17-6-3-11-26-17/h2-6,11-12H,7-10,13H2,1H3. The van der Waals surface area contributed by atoms with Gasteiger partial charge in [-0.15, -0.1) is 11.3 Å². The van der Waals surface area contributed by atoms with Gasteiger partial charge >= 0.3 is 5.97 Å². The number of hydrogen-bond donors (Lipinski definition) is 0. The number of rotatable bonds is 4. The van der Waals surface area contributed by atoms with E-state index < -0.39 is 5.97 Å². The first-order valence-electron chi connectivity index (χ1n) is 8.41. The van der Waals surface area contributed by atoms with E-state index in [1.807, 2.05) is 17.5 Å². The molecule has 0 radical (unpaired) electrons. The fourth-order valence-electron chi connectivity index (χ4n) is 2.87. The monoisotopic (exact) mass is 372 g/mol. The van der Waals surface area contributed by atoms with Crippen LogP contribution < -0.4 is 4.74 Å². The number of carbonyl (C=O) groups excluding carboxylic acids is 3. The molecule has 1 aliphatic rings. The normalized spacial score (nSPS) is 14.2. The zero-order valence-corrected chi connectivity index (χ0v) is 15.3. The molecule has 0 atom stereocenters. The van der Waals surface area contributed by atoms with Gasteiger partial charge in [-0.1, -0.05) is 12.1 Å². The van der Waals surface area contributed by atoms with E-state index in [4.69, 9.17) is 4.74 Å². The first-order chi connectivity index (χ1) is 12.5. The van der Waals surface area contributed by atoms with Crippen molar-refractivity contribution in [3.05, 3.63) is 52.2 Å². The summed E-state index contributed by atoms with van der Waals surface area (Å²) in [5, 5.41) is 1.96. The van der Waals surface area contributed by atoms with E-state index >= 15 is 0 Å². The molecule has 0 unspecified atom stereocenters. The smallest absolute Gasteiger partial charge is 0.308 e. The van der Waals surface area contributed by atoms with E-state index in [1.54, 1.807) is 45.4 Å². The van der Waals surface area contributed by atoms with Crippen LogP contribution in [0.2, 0.25) is 0 Å². The molecule has 26 heavy (non-hydrogen) atoms. The van der Waals surface area contributed by atoms with Crippen molar-refractivity contribution in [1.29, 1.82) is 0 Å². The quantitative estimate of drug-likeness (QED) is 0.610. The minimum atomic E-state index is -0.424. The summed E-state index contributed by atoms with van der Waals surface area (Å²) >= 11 is 1.58. The van der Waals surface area contributed by atoms with Crippen LogP contribution in [0.1, 0.15) is 22.2 Å². The maximum atomic E-state index is 12.7. The molecule has 3 rings (SSSR count). The molecule has 2 amide bonds. The number of nitrogens with zero attached hydrogens (tertiary/aromatic N) is 2. The van der Waals surface area contributed by atoms with Gasteiger partial charge in [-0.2, -0.15) is 0 Å². The summed E-state index contributed by atoms with van der Waals surface area (Å²) in [6, 6.07) is 10.5. The van der Waals surface area contributed by atoms with Crippen molar-refractivity contribution in [3.8, 4) is 5.75 Å². The number of ether oxygens (including phenoxy) is 1. The number of esters is 1. The molecule has 1 aliphatic heterocycles. The van der Waals surface area contributed by atoms with Crippen molar-refractivity contribution in [1.82, 2.24) is 9.80 Å². The van der Waals surface area contributed by atoms with E-state index in [1.165, 1.54) is 6.92 Å². The Balaban J connectivity index is 1.56. The Morgan fingerprint density at radius 3 is 2.42 bits per heavy atom. The van der Waals surface area contributed by atoms with E-state index in [0.29, 0.717) is 43.9 Å². The third kappa shape index (κ3) is 4.49. The van der Waals surface area contributed by atoms with Gasteiger partial charge < -0.3 is 14.5 Å². The van der Waals surface area contributed by atoms with Gasteiger partial charge in [0.1, 0.15) is 5.75 Å². The molecular formula is C19H20N2O4S. The van der Waals surface area contributed by atoms with Crippen molar-refractivity contribution in [3.63, 3.8) is 0 Å². The Kier molecular flexibility index (Phi) is 5.68. The number of amides is 2. The van der Waals surface area contributed by atoms with Crippen molar-refractivity contribution in [2.45, 2.75) is 13.3 Å². The van der Waals surface area contributed by atoms with E-state index in [0.717, 1.165) is 4.88 Å². The highest BCUT2D eigenvalue weighted by atomic mass is 32.1. The molecule has 1 aromatic heterocycles. The van der Waals surface area contributed by atoms with Gasteiger partial charge in [0, 0.05) is 43.5 Å². The van der Waals surface area contributed by atoms with Crippen molar-refractivity contribution < 1.29 is 19.1 Å². The predicted octanol–water partition coefficient (Wildman–Crippen LogP) is 2.20. The average molecular weight is 372 g/mol. The van der Waals surface area contributed by atoms with Gasteiger partial charge in [-0.3, -0.25) is 14.4 Å². The van der Waals surface area contributed by atoms with Crippen LogP contribution in [0.3, 0.4) is 0 Å². The number of thiophene rings is 1. The molecule has 0 spiro atoms. The maximum Gasteiger partial charge on any atom is 0.308 e. The highest BCUT2D eigenvalue weighted by molar-refractivity contribution is 7.10. The molecule has 1 aromatic carbocycles. The van der Waals surface area contributed by atoms with Crippen LogP contribution in [0, 0.1) is 0 Å². The fourth-order valence-corrected chi connectivity index (χ4v) is 3.57. The SMILES string of the molecule is CC(=O)Oc1cccc(C(=O)N2CCN(C(=O)Cc3cccs3)CC2)c1. The summed E-state index contributed by atoms with van der Waals surface area (Å²) in [5.74, 6) is -0.0960. The van der Waals surface area contributed by atoms with Crippen LogP contribution in [0.5, 0.6) is 5.75 Å². The average Bonchev–Trinajstić information content (AvgIpc) is 3.14. The van der Waals surface area contributed by atoms with Crippen LogP contribution in [0.15, 0.2) is 41.8 Å². The Labute approximate surface area is 156 Å². The van der Waals surface area contributed by atoms with Gasteiger partial charge in [0.15, 0.2) is 0 Å². The predicted molar refractivity (Wildman–Crippen MR) is 98.3 cm³/mol. The zero-order chi connectivity index (χ0) is 18.5. The second-order valence-corrected chi connectivity index (χ2v) is 7.08. The van der Waals surface area contributed by atoms with E-state index in [-0.39, 0.29) is 11.8 Å². The lowest BCUT2D eigenvalue weighted by Crippen LogP contribution is -2.50. The fraction of sp³-hybridized carbons (Fsp3) is 0.316. The molecule has 2 aromatic rings. The lowest BCUT2D eigenvalue weighted by atomic mass is 10.1. The van der Waals surface area contributed by atoms with Crippen LogP contribution >= 0.6 is 11.3 Å². The summed E-state index contributed by atoms with van der Waals surface area (Å²) < 4.78 is 5.03. The molecule has 0 aliphatic carbocycles. The van der Waals surface area contributed by atoms with Gasteiger partial charge in [0.25, 0.3) is 5.91 Å². The van der Waals surface area contributed by atoms with Crippen LogP contribution in [0.25, 0.3) is 0 Å². The number of piperazine rings is 1. The van der Waals surface area contributed by atoms with Gasteiger partial charge in [-0.05, 0) is 29.6 Å². The summed E-state index contributed by atoms with van der Waals surface area (Å²) in [5.41, 5.74) is 0.474. The van der Waals surface area contributed by atoms with Crippen LogP contribution in [0.4, 0.5) is 0 Å². The molecule has 1 fully saturated rings. The second kappa shape index (κ2) is 8.14. The van der Waals surface area contributed by atoms with Crippen molar-refractivity contribution in [2.24, 2.45) is 0 Å². The Morgan fingerprint density at radius 2 is 1.77 bits per heavy atom. The van der Waals surface area contributed by atoms with E-state index in [2.05, 4.69) is 0 Å². The Morgan fingerprint density at radius 1 is 1.04 bits per heavy atom. The molecule has 1 saturated heterocycles. The third-order valence-electron chi connectivity index (χ3n) is 4.17. The second-order valence-electron chi connectivity index (χ2n) is 6.05. The summed E-state index contributed by atoms with van der Waals surface area (Å²) in [4.78, 5) is 40.6. The molecule has 136 valence electrons. The molecule has 0 saturated carbocycles. The molecule has 2 heterocycles. The molecule has 6 nitrogen and oxygen atoms in total. The van der Waals surface area contributed by atoms with Crippen molar-refractivity contribution >= 4 is 29.1 Å². The maximum absolute atomic E-state index is 12.7. The molecule has 0 N–H and O–H groups in total. The van der Waals surface area contributed by atoms with Crippen molar-refractivity contribution in [2.75, 3.05) is 26.2 Å². The Hall–Kier alpha value is -2.67. The number of carbonyl (C=O) groups is 3. The van der Waals surface area contributed by atoms with E-state index in [9.17, 15) is 14.4 Å². The van der Waals surface area contributed by atoms with Gasteiger partial charge in [0.2, 0.25) is 5.91 Å². The van der Waals surface area contributed by atoms with Crippen LogP contribution in [-0.4, -0.2) is 53.8 Å². The summed E-state index contributed by atoms with van der Waals surface area (Å²) in [6.45, 7) is 3.36. The molecule has 7 heteroatoms. The zero-order valence-electron chi connectivity index (χ0n) is 14.5. The lowest BCUT2D eigenvalue weighted by Gasteiger charge is -2.34. The molecule has 0 bridgehead atoms. The number of hydrogen-bond acceptors (Lipinski definition) is 5. The summed E-state index contributed by atoms with van der Waals surface area (Å²) in [6.07, 6.45) is 0.413. The first kappa shape index (κ1) is 18.1. The minimum Gasteiger partial charge on any atom is -0.427 e. The Bertz CT molecular complexity index is 796. The molecular weight excluding hydrogens is 352 g/mol. The van der Waals surface area contributed by atoms with Gasteiger partial charge in [-0.25, -0.2) is 0 Å². The minimum absolute atomic E-state index is 0.0939. The third-order valence-corrected chi connectivity index (χ3v) is 5.04. The highest BCUT2D eigenvalue weighted by Gasteiger charge is 2.25. The number of benzene rings is 1. The summed E-state index contributed by atoms with van der Waals surface area (Å²) in [7, 11) is 0. The van der Waals surface area contributed by atoms with Crippen LogP contribution in [-0.2, 0) is 16.0 Å². The van der Waals surface area contributed by atoms with Gasteiger partial charge in [0.05, 0.1) is 6.42 Å². The first-order valence-corrected chi connectivity index (χ1v) is 9.29. The highest BCUT2D eigenvalue weighted by Crippen LogP contribution is 2.17.